The highest BCUT2D eigenvalue weighted by Crippen LogP contribution is 2.36. The molecule has 0 saturated heterocycles. The fourth-order valence-corrected chi connectivity index (χ4v) is 2.37. The molecular formula is C15H16N2O4. The molecule has 0 saturated carbocycles. The number of nitrogens with one attached hydrogen (secondary N) is 1. The van der Waals surface area contributed by atoms with Crippen LogP contribution in [0.4, 0.5) is 5.82 Å². The normalized spacial score (nSPS) is 14.7. The summed E-state index contributed by atoms with van der Waals surface area (Å²) in [5.74, 6) is 1.22. The molecule has 2 heterocycles. The van der Waals surface area contributed by atoms with Crippen molar-refractivity contribution in [3.63, 3.8) is 0 Å². The second-order valence-electron chi connectivity index (χ2n) is 5.02. The van der Waals surface area contributed by atoms with Gasteiger partial charge in [-0.25, -0.2) is 4.98 Å². The third-order valence-corrected chi connectivity index (χ3v) is 3.29. The predicted octanol–water partition coefficient (Wildman–Crippen LogP) is 2.28. The first-order valence-corrected chi connectivity index (χ1v) is 6.80. The standard InChI is InChI=1S/C15H16N2O4/c1-9(6-14(18)19)17-15-11-8-13-12(20-4-5-21-13)7-10(11)2-3-16-15/h2-3,7-9H,4-6H2,1H3,(H,16,17)(H,18,19). The summed E-state index contributed by atoms with van der Waals surface area (Å²) in [5.41, 5.74) is 0. The molecule has 2 aromatic rings. The van der Waals surface area contributed by atoms with E-state index >= 15 is 0 Å². The molecule has 0 aliphatic carbocycles. The zero-order valence-electron chi connectivity index (χ0n) is 11.6. The van der Waals surface area contributed by atoms with Gasteiger partial charge >= 0.3 is 5.97 Å². The summed E-state index contributed by atoms with van der Waals surface area (Å²) >= 11 is 0. The molecular weight excluding hydrogens is 272 g/mol. The van der Waals surface area contributed by atoms with Gasteiger partial charge in [0.2, 0.25) is 0 Å². The summed E-state index contributed by atoms with van der Waals surface area (Å²) in [5, 5.41) is 13.8. The topological polar surface area (TPSA) is 80.7 Å². The summed E-state index contributed by atoms with van der Waals surface area (Å²) in [4.78, 5) is 15.1. The number of rotatable bonds is 4. The van der Waals surface area contributed by atoms with E-state index < -0.39 is 5.97 Å². The minimum absolute atomic E-state index is 0.0304. The Kier molecular flexibility index (Phi) is 3.51. The van der Waals surface area contributed by atoms with Crippen molar-refractivity contribution in [1.29, 1.82) is 0 Å². The third kappa shape index (κ3) is 2.84. The Labute approximate surface area is 121 Å². The van der Waals surface area contributed by atoms with Gasteiger partial charge in [0.1, 0.15) is 19.0 Å². The van der Waals surface area contributed by atoms with Crippen molar-refractivity contribution >= 4 is 22.6 Å². The van der Waals surface area contributed by atoms with Gasteiger partial charge in [-0.1, -0.05) is 0 Å². The maximum atomic E-state index is 10.8. The lowest BCUT2D eigenvalue weighted by atomic mass is 10.1. The number of benzene rings is 1. The van der Waals surface area contributed by atoms with Gasteiger partial charge < -0.3 is 19.9 Å². The zero-order chi connectivity index (χ0) is 14.8. The lowest BCUT2D eigenvalue weighted by Gasteiger charge is -2.20. The molecule has 0 spiro atoms. The Morgan fingerprint density at radius 2 is 2.10 bits per heavy atom. The summed E-state index contributed by atoms with van der Waals surface area (Å²) in [7, 11) is 0. The first-order valence-electron chi connectivity index (χ1n) is 6.80. The lowest BCUT2D eigenvalue weighted by Crippen LogP contribution is -2.20. The number of nitrogens with zero attached hydrogens (tertiary/aromatic N) is 1. The molecule has 6 nitrogen and oxygen atoms in total. The molecule has 0 amide bonds. The van der Waals surface area contributed by atoms with E-state index in [1.54, 1.807) is 6.20 Å². The maximum Gasteiger partial charge on any atom is 0.305 e. The number of aromatic nitrogens is 1. The molecule has 1 aromatic heterocycles. The molecule has 0 bridgehead atoms. The van der Waals surface area contributed by atoms with Crippen molar-refractivity contribution in [3.05, 3.63) is 24.4 Å². The number of ether oxygens (including phenoxy) is 2. The number of hydrogen-bond donors (Lipinski definition) is 2. The van der Waals surface area contributed by atoms with Crippen LogP contribution in [-0.2, 0) is 4.79 Å². The number of anilines is 1. The number of carboxylic acids is 1. The molecule has 1 aromatic carbocycles. The van der Waals surface area contributed by atoms with Crippen LogP contribution in [0.3, 0.4) is 0 Å². The number of hydrogen-bond acceptors (Lipinski definition) is 5. The van der Waals surface area contributed by atoms with E-state index in [-0.39, 0.29) is 12.5 Å². The first-order chi connectivity index (χ1) is 10.1. The number of pyridine rings is 1. The average molecular weight is 288 g/mol. The van der Waals surface area contributed by atoms with Gasteiger partial charge in [-0.15, -0.1) is 0 Å². The minimum atomic E-state index is -0.843. The van der Waals surface area contributed by atoms with Gasteiger partial charge in [0.25, 0.3) is 0 Å². The van der Waals surface area contributed by atoms with Crippen molar-refractivity contribution in [1.82, 2.24) is 4.98 Å². The van der Waals surface area contributed by atoms with Crippen LogP contribution in [0, 0.1) is 0 Å². The summed E-state index contributed by atoms with van der Waals surface area (Å²) < 4.78 is 11.1. The summed E-state index contributed by atoms with van der Waals surface area (Å²) in [6.45, 7) is 2.88. The largest absolute Gasteiger partial charge is 0.486 e. The van der Waals surface area contributed by atoms with Crippen molar-refractivity contribution in [3.8, 4) is 11.5 Å². The monoisotopic (exact) mass is 288 g/mol. The quantitative estimate of drug-likeness (QED) is 0.898. The zero-order valence-corrected chi connectivity index (χ0v) is 11.6. The van der Waals surface area contributed by atoms with Crippen LogP contribution in [0.1, 0.15) is 13.3 Å². The van der Waals surface area contributed by atoms with E-state index in [1.807, 2.05) is 25.1 Å². The van der Waals surface area contributed by atoms with Crippen LogP contribution < -0.4 is 14.8 Å². The van der Waals surface area contributed by atoms with Crippen LogP contribution in [0.15, 0.2) is 24.4 Å². The molecule has 2 N–H and O–H groups in total. The lowest BCUT2D eigenvalue weighted by molar-refractivity contribution is -0.137. The number of aliphatic carboxylic acids is 1. The minimum Gasteiger partial charge on any atom is -0.486 e. The Bertz CT molecular complexity index is 687. The van der Waals surface area contributed by atoms with Crippen LogP contribution in [0.5, 0.6) is 11.5 Å². The highest BCUT2D eigenvalue weighted by molar-refractivity contribution is 5.94. The van der Waals surface area contributed by atoms with Crippen molar-refractivity contribution in [2.75, 3.05) is 18.5 Å². The van der Waals surface area contributed by atoms with Crippen LogP contribution >= 0.6 is 0 Å². The Morgan fingerprint density at radius 1 is 1.38 bits per heavy atom. The molecule has 1 aliphatic rings. The second-order valence-corrected chi connectivity index (χ2v) is 5.02. The van der Waals surface area contributed by atoms with Crippen molar-refractivity contribution in [2.45, 2.75) is 19.4 Å². The van der Waals surface area contributed by atoms with Gasteiger partial charge in [-0.2, -0.15) is 0 Å². The Morgan fingerprint density at radius 3 is 2.81 bits per heavy atom. The molecule has 6 heteroatoms. The fraction of sp³-hybridized carbons (Fsp3) is 0.333. The number of carboxylic acid groups (broad SMARTS) is 1. The van der Waals surface area contributed by atoms with E-state index in [0.717, 1.165) is 16.5 Å². The molecule has 3 rings (SSSR count). The summed E-state index contributed by atoms with van der Waals surface area (Å²) in [6.07, 6.45) is 1.72. The van der Waals surface area contributed by atoms with E-state index in [0.29, 0.717) is 24.8 Å². The predicted molar refractivity (Wildman–Crippen MR) is 78.1 cm³/mol. The molecule has 1 unspecified atom stereocenters. The Hall–Kier alpha value is -2.50. The smallest absolute Gasteiger partial charge is 0.305 e. The second kappa shape index (κ2) is 5.47. The fourth-order valence-electron chi connectivity index (χ4n) is 2.37. The van der Waals surface area contributed by atoms with Gasteiger partial charge in [-0.3, -0.25) is 4.79 Å². The molecule has 1 aliphatic heterocycles. The van der Waals surface area contributed by atoms with Gasteiger partial charge in [0.05, 0.1) is 6.42 Å². The molecule has 21 heavy (non-hydrogen) atoms. The Balaban J connectivity index is 1.97. The van der Waals surface area contributed by atoms with E-state index in [9.17, 15) is 4.79 Å². The van der Waals surface area contributed by atoms with Gasteiger partial charge in [-0.05, 0) is 30.5 Å². The molecule has 1 atom stereocenters. The third-order valence-electron chi connectivity index (χ3n) is 3.29. The van der Waals surface area contributed by atoms with Crippen LogP contribution in [0.2, 0.25) is 0 Å². The number of carbonyl (C=O) groups is 1. The van der Waals surface area contributed by atoms with Gasteiger partial charge in [0, 0.05) is 17.6 Å². The number of fused-ring (bicyclic) bond motifs is 2. The van der Waals surface area contributed by atoms with E-state index in [2.05, 4.69) is 10.3 Å². The maximum absolute atomic E-state index is 10.8. The van der Waals surface area contributed by atoms with Crippen molar-refractivity contribution in [2.24, 2.45) is 0 Å². The molecule has 110 valence electrons. The molecule has 0 fully saturated rings. The highest BCUT2D eigenvalue weighted by Gasteiger charge is 2.16. The van der Waals surface area contributed by atoms with Gasteiger partial charge in [0.15, 0.2) is 11.5 Å². The summed E-state index contributed by atoms with van der Waals surface area (Å²) in [6, 6.07) is 5.47. The highest BCUT2D eigenvalue weighted by atomic mass is 16.6. The molecule has 0 radical (unpaired) electrons. The van der Waals surface area contributed by atoms with E-state index in [1.165, 1.54) is 0 Å². The SMILES string of the molecule is CC(CC(=O)O)Nc1nccc2cc3c(cc12)OCCO3. The van der Waals surface area contributed by atoms with Crippen molar-refractivity contribution < 1.29 is 19.4 Å². The van der Waals surface area contributed by atoms with Crippen LogP contribution in [-0.4, -0.2) is 35.3 Å². The first kappa shape index (κ1) is 13.5. The van der Waals surface area contributed by atoms with E-state index in [4.69, 9.17) is 14.6 Å². The average Bonchev–Trinajstić information content (AvgIpc) is 2.45. The van der Waals surface area contributed by atoms with Crippen LogP contribution in [0.25, 0.3) is 10.8 Å².